The zero-order chi connectivity index (χ0) is 44.3. The van der Waals surface area contributed by atoms with Crippen molar-refractivity contribution in [2.24, 2.45) is 9.98 Å². The Bertz CT molecular complexity index is 2730. The van der Waals surface area contributed by atoms with Crippen molar-refractivity contribution >= 4 is 85.3 Å². The Morgan fingerprint density at radius 2 is 1.51 bits per heavy atom. The highest BCUT2D eigenvalue weighted by Gasteiger charge is 2.66. The van der Waals surface area contributed by atoms with E-state index in [1.54, 1.807) is 60.7 Å². The summed E-state index contributed by atoms with van der Waals surface area (Å²) in [6.45, 7) is -5.04. The summed E-state index contributed by atoms with van der Waals surface area (Å²) in [5.41, 5.74) is -2.12. The molecule has 0 aliphatic carbocycles. The van der Waals surface area contributed by atoms with Gasteiger partial charge in [-0.3, -0.25) is 41.8 Å². The number of fused-ring (bicyclic) bond motifs is 2. The Labute approximate surface area is 368 Å². The summed E-state index contributed by atoms with van der Waals surface area (Å²) in [5.74, 6) is -0.596. The first-order valence-electron chi connectivity index (χ1n) is 19.0. The molecule has 22 nitrogen and oxygen atoms in total. The SMILES string of the molecule is C=Nc1c(/C(=N\C)NC(=O)c2ccccc2)ncn1[C@@H]1O[C@@]23CO[C@@H]1[C@@H]2O[P@](=O)(S)OC[C@@]1(C)O[C@@H](n2cnc4c(NC(=O)c5ccccc5)ncnc42)[C@H](O)[C@@H]1O[P@](=O)(S)OC3. The van der Waals surface area contributed by atoms with Gasteiger partial charge in [-0.2, -0.15) is 0 Å². The van der Waals surface area contributed by atoms with Crippen LogP contribution in [-0.4, -0.2) is 121 Å². The molecule has 26 heteroatoms. The normalized spacial score (nSPS) is 33.2. The molecule has 4 aliphatic heterocycles. The summed E-state index contributed by atoms with van der Waals surface area (Å²) in [5, 5.41) is 17.3. The third kappa shape index (κ3) is 8.08. The monoisotopic (exact) mass is 940 g/mol. The molecule has 0 unspecified atom stereocenters. The molecule has 3 N–H and O–H groups in total. The largest absolute Gasteiger partial charge is 0.386 e. The number of hydrogen-bond donors (Lipinski definition) is 5. The summed E-state index contributed by atoms with van der Waals surface area (Å²) in [7, 11) is 1.47. The number of aliphatic imine (C=N–C) groups is 2. The van der Waals surface area contributed by atoms with Gasteiger partial charge in [0.05, 0.1) is 32.5 Å². The van der Waals surface area contributed by atoms with E-state index in [1.165, 1.54) is 42.1 Å². The molecule has 4 fully saturated rings. The molecule has 2 amide bonds. The smallest absolute Gasteiger partial charge is 0.386 e. The van der Waals surface area contributed by atoms with Gasteiger partial charge in [-0.05, 0) is 37.9 Å². The van der Waals surface area contributed by atoms with E-state index in [-0.39, 0.29) is 40.9 Å². The Hall–Kier alpha value is -4.68. The lowest BCUT2D eigenvalue weighted by molar-refractivity contribution is -0.183. The zero-order valence-electron chi connectivity index (χ0n) is 33.1. The third-order valence-electron chi connectivity index (χ3n) is 10.9. The van der Waals surface area contributed by atoms with Crippen molar-refractivity contribution in [1.29, 1.82) is 0 Å². The van der Waals surface area contributed by atoms with Crippen LogP contribution in [0.25, 0.3) is 11.2 Å². The molecular formula is C37H38N10O12P2S2. The lowest BCUT2D eigenvalue weighted by Crippen LogP contribution is -2.48. The second kappa shape index (κ2) is 16.7. The standard InChI is InChI=1S/C37H38N10O12P2S2/c1-36-14-54-60(51,62)59-27-25-35(46-18-42-22(30(46)39-3)28(38-2)44-32(49)20-10-6-4-7-11-20)57-37(27,15-53-25)16-55-61(52,63)58-26(36)24(48)34(56-36)47-19-43-23-29(40-17-41-31(23)47)45-33(50)21-12-8-5-9-13-21/h4-13,17-19,24-27,34-35,48H,3,14-16H2,1-2H3,(H,51,62)(H,52,63)(H,38,44,49)(H,40,41,45,50)/t24-,25-,26+,27+,34-,35-,36-,37-,60-,61-/m1/s1. The number of anilines is 1. The number of aliphatic hydroxyl groups is 1. The molecule has 5 aromatic rings. The van der Waals surface area contributed by atoms with Crippen LogP contribution in [0.4, 0.5) is 11.6 Å². The van der Waals surface area contributed by atoms with E-state index >= 15 is 0 Å². The van der Waals surface area contributed by atoms with Crippen LogP contribution >= 0.6 is 38.1 Å². The van der Waals surface area contributed by atoms with Crippen LogP contribution in [0.1, 0.15) is 45.8 Å². The quantitative estimate of drug-likeness (QED) is 0.0658. The van der Waals surface area contributed by atoms with Crippen LogP contribution in [0.5, 0.6) is 0 Å². The highest BCUT2D eigenvalue weighted by atomic mass is 32.7. The van der Waals surface area contributed by atoms with Gasteiger partial charge in [0.25, 0.3) is 11.8 Å². The Morgan fingerprint density at radius 1 is 0.857 bits per heavy atom. The number of thiol groups is 2. The highest BCUT2D eigenvalue weighted by molar-refractivity contribution is 8.44. The number of rotatable bonds is 7. The number of aliphatic hydroxyl groups excluding tert-OH is 1. The number of hydrogen-bond acceptors (Lipinski definition) is 18. The molecule has 4 saturated heterocycles. The fraction of sp³-hybridized carbons (Fsp3) is 0.351. The molecule has 7 heterocycles. The zero-order valence-corrected chi connectivity index (χ0v) is 36.7. The predicted molar refractivity (Wildman–Crippen MR) is 229 cm³/mol. The van der Waals surface area contributed by atoms with E-state index in [9.17, 15) is 23.8 Å². The molecule has 9 rings (SSSR count). The summed E-state index contributed by atoms with van der Waals surface area (Å²) in [4.78, 5) is 51.7. The molecule has 3 aromatic heterocycles. The van der Waals surface area contributed by atoms with Crippen molar-refractivity contribution in [2.45, 2.75) is 55.0 Å². The molecule has 0 saturated carbocycles. The van der Waals surface area contributed by atoms with E-state index in [1.807, 2.05) is 0 Å². The van der Waals surface area contributed by atoms with Gasteiger partial charge in [-0.25, -0.2) is 34.1 Å². The summed E-state index contributed by atoms with van der Waals surface area (Å²) in [6.07, 6.45) is -3.98. The topological polar surface area (TPSA) is 263 Å². The van der Waals surface area contributed by atoms with E-state index < -0.39 is 86.7 Å². The number of aromatic nitrogens is 6. The van der Waals surface area contributed by atoms with Gasteiger partial charge in [0, 0.05) is 18.2 Å². The maximum absolute atomic E-state index is 14.2. The number of amidine groups is 1. The lowest BCUT2D eigenvalue weighted by Gasteiger charge is -2.36. The minimum absolute atomic E-state index is 0.0806. The number of benzene rings is 2. The van der Waals surface area contributed by atoms with E-state index in [0.29, 0.717) is 11.1 Å². The second-order valence-corrected chi connectivity index (χ2v) is 20.7. The summed E-state index contributed by atoms with van der Waals surface area (Å²) < 4.78 is 74.0. The van der Waals surface area contributed by atoms with Crippen molar-refractivity contribution in [3.8, 4) is 0 Å². The van der Waals surface area contributed by atoms with E-state index in [2.05, 4.69) is 71.8 Å². The van der Waals surface area contributed by atoms with Gasteiger partial charge in [0.2, 0.25) is 0 Å². The van der Waals surface area contributed by atoms with Gasteiger partial charge in [0.1, 0.15) is 47.6 Å². The van der Waals surface area contributed by atoms with Crippen LogP contribution in [-0.2, 0) is 41.4 Å². The van der Waals surface area contributed by atoms with Crippen LogP contribution in [0.3, 0.4) is 0 Å². The fourth-order valence-electron chi connectivity index (χ4n) is 7.81. The molecule has 2 bridgehead atoms. The molecule has 0 radical (unpaired) electrons. The van der Waals surface area contributed by atoms with Crippen LogP contribution in [0.15, 0.2) is 89.6 Å². The number of ether oxygens (including phenoxy) is 3. The Morgan fingerprint density at radius 3 is 2.19 bits per heavy atom. The second-order valence-electron chi connectivity index (χ2n) is 14.9. The minimum atomic E-state index is -4.45. The van der Waals surface area contributed by atoms with Crippen molar-refractivity contribution in [1.82, 2.24) is 34.4 Å². The molecule has 0 spiro atoms. The first-order chi connectivity index (χ1) is 30.1. The molecule has 2 aromatic carbocycles. The first-order valence-corrected chi connectivity index (χ1v) is 24.4. The number of carbonyl (C=O) groups is 2. The van der Waals surface area contributed by atoms with Crippen LogP contribution in [0.2, 0.25) is 0 Å². The lowest BCUT2D eigenvalue weighted by atomic mass is 9.99. The molecular weight excluding hydrogens is 903 g/mol. The van der Waals surface area contributed by atoms with Gasteiger partial charge in [-0.1, -0.05) is 60.9 Å². The Kier molecular flexibility index (Phi) is 11.6. The van der Waals surface area contributed by atoms with Crippen molar-refractivity contribution in [3.63, 3.8) is 0 Å². The third-order valence-corrected chi connectivity index (χ3v) is 14.0. The molecule has 10 atom stereocenters. The van der Waals surface area contributed by atoms with Gasteiger partial charge in [-0.15, -0.1) is 0 Å². The van der Waals surface area contributed by atoms with Gasteiger partial charge in [0.15, 0.2) is 41.1 Å². The maximum Gasteiger partial charge on any atom is 0.386 e. The first kappa shape index (κ1) is 43.6. The van der Waals surface area contributed by atoms with Crippen molar-refractivity contribution in [3.05, 3.63) is 96.5 Å². The van der Waals surface area contributed by atoms with E-state index in [0.717, 1.165) is 0 Å². The number of imidazole rings is 2. The van der Waals surface area contributed by atoms with Crippen LogP contribution in [0, 0.1) is 0 Å². The number of amides is 2. The number of carbonyl (C=O) groups excluding carboxylic acids is 2. The summed E-state index contributed by atoms with van der Waals surface area (Å²) >= 11 is 8.58. The van der Waals surface area contributed by atoms with Crippen LogP contribution < -0.4 is 10.6 Å². The number of nitrogens with zero attached hydrogens (tertiary/aromatic N) is 8. The minimum Gasteiger partial charge on any atom is -0.386 e. The molecule has 4 aliphatic rings. The predicted octanol–water partition coefficient (Wildman–Crippen LogP) is 4.32. The fourth-order valence-corrected chi connectivity index (χ4v) is 10.9. The maximum atomic E-state index is 14.2. The van der Waals surface area contributed by atoms with Gasteiger partial charge < -0.3 is 30.0 Å². The Balaban J connectivity index is 0.969. The van der Waals surface area contributed by atoms with E-state index in [4.69, 9.17) is 32.3 Å². The molecule has 330 valence electrons. The summed E-state index contributed by atoms with van der Waals surface area (Å²) in [6, 6.07) is 17.0. The highest BCUT2D eigenvalue weighted by Crippen LogP contribution is 2.64. The average molecular weight is 941 g/mol. The average Bonchev–Trinajstić information content (AvgIpc) is 4.09. The van der Waals surface area contributed by atoms with Gasteiger partial charge >= 0.3 is 13.6 Å². The van der Waals surface area contributed by atoms with Crippen molar-refractivity contribution in [2.75, 3.05) is 32.2 Å². The number of nitrogens with one attached hydrogen (secondary N) is 2. The molecule has 63 heavy (non-hydrogen) atoms. The van der Waals surface area contributed by atoms with Crippen molar-refractivity contribution < 1.29 is 56.1 Å².